The normalized spacial score (nSPS) is 33.9. The maximum atomic E-state index is 10.8. The number of alkyl halides is 2. The highest BCUT2D eigenvalue weighted by atomic mass is 79.9. The van der Waals surface area contributed by atoms with Gasteiger partial charge in [-0.2, -0.15) is 0 Å². The van der Waals surface area contributed by atoms with Gasteiger partial charge in [0.2, 0.25) is 0 Å². The summed E-state index contributed by atoms with van der Waals surface area (Å²) in [7, 11) is 0. The summed E-state index contributed by atoms with van der Waals surface area (Å²) in [6.07, 6.45) is 0.848. The topological polar surface area (TPSA) is 17.1 Å². The van der Waals surface area contributed by atoms with Crippen LogP contribution in [0.25, 0.3) is 0 Å². The van der Waals surface area contributed by atoms with E-state index in [1.165, 1.54) is 0 Å². The van der Waals surface area contributed by atoms with Crippen LogP contribution in [0.2, 0.25) is 10.0 Å². The number of hydrogen-bond donors (Lipinski definition) is 0. The van der Waals surface area contributed by atoms with E-state index >= 15 is 0 Å². The van der Waals surface area contributed by atoms with E-state index in [-0.39, 0.29) is 11.8 Å². The van der Waals surface area contributed by atoms with E-state index in [4.69, 9.17) is 34.8 Å². The Bertz CT molecular complexity index is 399. The first-order valence-corrected chi connectivity index (χ1v) is 6.18. The lowest BCUT2D eigenvalue weighted by molar-refractivity contribution is -0.108. The van der Waals surface area contributed by atoms with Gasteiger partial charge in [0.05, 0.1) is 5.92 Å². The van der Waals surface area contributed by atoms with Crippen molar-refractivity contribution in [2.24, 2.45) is 5.92 Å². The summed E-state index contributed by atoms with van der Waals surface area (Å²) in [4.78, 5) is 10.8. The van der Waals surface area contributed by atoms with Crippen LogP contribution in [0.1, 0.15) is 11.5 Å². The summed E-state index contributed by atoms with van der Waals surface area (Å²) >= 11 is 21.2. The quantitative estimate of drug-likeness (QED) is 0.586. The molecule has 5 heteroatoms. The minimum atomic E-state index is -0.678. The number of carbonyl (C=O) groups excluding carboxylic acids is 1. The van der Waals surface area contributed by atoms with E-state index in [0.717, 1.165) is 11.8 Å². The number of halogens is 4. The highest BCUT2D eigenvalue weighted by Gasteiger charge is 2.63. The van der Waals surface area contributed by atoms with Crippen LogP contribution in [0.15, 0.2) is 18.2 Å². The number of hydrogen-bond acceptors (Lipinski definition) is 1. The van der Waals surface area contributed by atoms with Crippen molar-refractivity contribution >= 4 is 57.0 Å². The minimum absolute atomic E-state index is 0.0622. The lowest BCUT2D eigenvalue weighted by atomic mass is 10.1. The van der Waals surface area contributed by atoms with Crippen molar-refractivity contribution < 1.29 is 4.79 Å². The molecule has 0 heterocycles. The second-order valence-corrected chi connectivity index (χ2v) is 6.78. The van der Waals surface area contributed by atoms with Crippen LogP contribution >= 0.6 is 50.7 Å². The molecule has 0 bridgehead atoms. The molecule has 3 atom stereocenters. The fourth-order valence-corrected chi connectivity index (χ4v) is 3.41. The second-order valence-electron chi connectivity index (χ2n) is 3.52. The third kappa shape index (κ3) is 2.05. The standard InChI is InChI=1S/C10H6BrCl3O/c11-10(14)8(4-15)9(10)5-1-6(12)3-7(13)2-5/h1-4,8-9H. The lowest BCUT2D eigenvalue weighted by Crippen LogP contribution is -1.89. The third-order valence-electron chi connectivity index (χ3n) is 2.50. The van der Waals surface area contributed by atoms with E-state index in [0.29, 0.717) is 10.0 Å². The summed E-state index contributed by atoms with van der Waals surface area (Å²) < 4.78 is -0.678. The molecule has 80 valence electrons. The van der Waals surface area contributed by atoms with E-state index in [1.54, 1.807) is 18.2 Å². The van der Waals surface area contributed by atoms with Crippen molar-refractivity contribution in [2.75, 3.05) is 0 Å². The molecule has 1 aromatic rings. The van der Waals surface area contributed by atoms with Gasteiger partial charge in [0.1, 0.15) is 10.1 Å². The Morgan fingerprint density at radius 1 is 1.27 bits per heavy atom. The summed E-state index contributed by atoms with van der Waals surface area (Å²) in [5.41, 5.74) is 0.886. The smallest absolute Gasteiger partial charge is 0.126 e. The summed E-state index contributed by atoms with van der Waals surface area (Å²) in [5.74, 6) is -0.290. The molecule has 1 aromatic carbocycles. The number of carbonyl (C=O) groups is 1. The predicted octanol–water partition coefficient (Wildman–Crippen LogP) is 4.24. The van der Waals surface area contributed by atoms with Crippen molar-refractivity contribution in [2.45, 2.75) is 9.70 Å². The fourth-order valence-electron chi connectivity index (χ4n) is 1.70. The van der Waals surface area contributed by atoms with Crippen LogP contribution in [0.4, 0.5) is 0 Å². The molecule has 1 aliphatic carbocycles. The fraction of sp³-hybridized carbons (Fsp3) is 0.300. The Kier molecular flexibility index (Phi) is 3.06. The molecule has 1 aliphatic rings. The monoisotopic (exact) mass is 326 g/mol. The zero-order chi connectivity index (χ0) is 11.2. The van der Waals surface area contributed by atoms with Gasteiger partial charge in [0, 0.05) is 16.0 Å². The van der Waals surface area contributed by atoms with E-state index in [9.17, 15) is 4.79 Å². The van der Waals surface area contributed by atoms with Crippen molar-refractivity contribution in [1.29, 1.82) is 0 Å². The number of aldehydes is 1. The van der Waals surface area contributed by atoms with Gasteiger partial charge >= 0.3 is 0 Å². The molecule has 1 fully saturated rings. The molecule has 1 saturated carbocycles. The van der Waals surface area contributed by atoms with Crippen molar-refractivity contribution in [3.8, 4) is 0 Å². The van der Waals surface area contributed by atoms with Gasteiger partial charge in [0.15, 0.2) is 0 Å². The summed E-state index contributed by atoms with van der Waals surface area (Å²) in [5, 5.41) is 1.10. The Hall–Kier alpha value is 0.240. The number of benzene rings is 1. The Balaban J connectivity index is 2.36. The highest BCUT2D eigenvalue weighted by molar-refractivity contribution is 9.10. The molecule has 0 aromatic heterocycles. The van der Waals surface area contributed by atoms with Gasteiger partial charge in [-0.05, 0) is 23.8 Å². The zero-order valence-electron chi connectivity index (χ0n) is 7.38. The molecule has 1 nitrogen and oxygen atoms in total. The van der Waals surface area contributed by atoms with Gasteiger partial charge in [-0.1, -0.05) is 39.1 Å². The molecule has 2 rings (SSSR count). The van der Waals surface area contributed by atoms with Gasteiger partial charge in [-0.15, -0.1) is 11.6 Å². The van der Waals surface area contributed by atoms with Gasteiger partial charge < -0.3 is 4.79 Å². The van der Waals surface area contributed by atoms with Crippen molar-refractivity contribution in [1.82, 2.24) is 0 Å². The van der Waals surface area contributed by atoms with Crippen LogP contribution in [0, 0.1) is 5.92 Å². The van der Waals surface area contributed by atoms with E-state index in [1.807, 2.05) is 0 Å². The summed E-state index contributed by atoms with van der Waals surface area (Å²) in [6, 6.07) is 5.20. The Labute approximate surface area is 111 Å². The van der Waals surface area contributed by atoms with Crippen LogP contribution in [-0.2, 0) is 4.79 Å². The maximum absolute atomic E-state index is 10.8. The minimum Gasteiger partial charge on any atom is -0.303 e. The van der Waals surface area contributed by atoms with Crippen LogP contribution in [-0.4, -0.2) is 10.1 Å². The third-order valence-corrected chi connectivity index (χ3v) is 4.45. The Morgan fingerprint density at radius 3 is 2.20 bits per heavy atom. The SMILES string of the molecule is O=CC1C(c2cc(Cl)cc(Cl)c2)C1(Cl)Br. The second kappa shape index (κ2) is 3.92. The average Bonchev–Trinajstić information content (AvgIpc) is 2.66. The molecular weight excluding hydrogens is 322 g/mol. The predicted molar refractivity (Wildman–Crippen MR) is 66.3 cm³/mol. The molecule has 0 aliphatic heterocycles. The van der Waals surface area contributed by atoms with Gasteiger partial charge in [-0.3, -0.25) is 0 Å². The summed E-state index contributed by atoms with van der Waals surface area (Å²) in [6.45, 7) is 0. The number of rotatable bonds is 2. The lowest BCUT2D eigenvalue weighted by Gasteiger charge is -2.02. The molecule has 0 radical (unpaired) electrons. The first kappa shape index (κ1) is 11.7. The first-order chi connectivity index (χ1) is 6.96. The molecular formula is C10H6BrCl3O. The first-order valence-electron chi connectivity index (χ1n) is 4.26. The molecule has 0 spiro atoms. The van der Waals surface area contributed by atoms with E-state index < -0.39 is 3.78 Å². The molecule has 0 saturated heterocycles. The van der Waals surface area contributed by atoms with Gasteiger partial charge in [-0.25, -0.2) is 0 Å². The molecule has 15 heavy (non-hydrogen) atoms. The van der Waals surface area contributed by atoms with Crippen molar-refractivity contribution in [3.63, 3.8) is 0 Å². The van der Waals surface area contributed by atoms with Crippen LogP contribution in [0.5, 0.6) is 0 Å². The highest BCUT2D eigenvalue weighted by Crippen LogP contribution is 2.65. The van der Waals surface area contributed by atoms with Crippen LogP contribution < -0.4 is 0 Å². The Morgan fingerprint density at radius 2 is 1.80 bits per heavy atom. The molecule has 3 unspecified atom stereocenters. The average molecular weight is 328 g/mol. The zero-order valence-corrected chi connectivity index (χ0v) is 11.2. The molecule has 0 amide bonds. The van der Waals surface area contributed by atoms with Crippen LogP contribution in [0.3, 0.4) is 0 Å². The largest absolute Gasteiger partial charge is 0.303 e. The maximum Gasteiger partial charge on any atom is 0.126 e. The van der Waals surface area contributed by atoms with Gasteiger partial charge in [0.25, 0.3) is 0 Å². The molecule has 0 N–H and O–H groups in total. The van der Waals surface area contributed by atoms with Crippen molar-refractivity contribution in [3.05, 3.63) is 33.8 Å². The van der Waals surface area contributed by atoms with E-state index in [2.05, 4.69) is 15.9 Å².